The molecule has 5 nitrogen and oxygen atoms in total. The van der Waals surface area contributed by atoms with E-state index < -0.39 is 5.97 Å². The lowest BCUT2D eigenvalue weighted by Gasteiger charge is -2.10. The van der Waals surface area contributed by atoms with Crippen molar-refractivity contribution < 1.29 is 9.90 Å². The fourth-order valence-electron chi connectivity index (χ4n) is 2.35. The first-order valence-corrected chi connectivity index (χ1v) is 9.13. The zero-order valence-corrected chi connectivity index (χ0v) is 14.9. The topological polar surface area (TPSA) is 68.0 Å². The molecule has 0 amide bonds. The number of rotatable bonds is 7. The van der Waals surface area contributed by atoms with Crippen molar-refractivity contribution >= 4 is 29.3 Å². The maximum Gasteiger partial charge on any atom is 0.303 e. The van der Waals surface area contributed by atoms with Crippen LogP contribution in [0.5, 0.6) is 0 Å². The highest BCUT2D eigenvalue weighted by molar-refractivity contribution is 7.99. The van der Waals surface area contributed by atoms with Crippen molar-refractivity contribution in [2.75, 3.05) is 5.75 Å². The van der Waals surface area contributed by atoms with Crippen LogP contribution in [0, 0.1) is 0 Å². The molecule has 0 fully saturated rings. The molecule has 0 aliphatic carbocycles. The summed E-state index contributed by atoms with van der Waals surface area (Å²) in [6.07, 6.45) is 0.731. The number of hydrogen-bond acceptors (Lipinski definition) is 4. The van der Waals surface area contributed by atoms with Gasteiger partial charge in [-0.05, 0) is 42.8 Å². The standard InChI is InChI=1S/C18H16ClN3O2S/c19-14-10-8-13(9-11-14)17-20-21-18(25-12-4-7-16(23)24)22(17)15-5-2-1-3-6-15/h1-3,5-6,8-11H,4,7,12H2,(H,23,24). The van der Waals surface area contributed by atoms with E-state index in [1.807, 2.05) is 59.2 Å². The van der Waals surface area contributed by atoms with Crippen molar-refractivity contribution in [3.8, 4) is 17.1 Å². The second kappa shape index (κ2) is 8.18. The minimum Gasteiger partial charge on any atom is -0.481 e. The molecule has 1 heterocycles. The number of nitrogens with zero attached hydrogens (tertiary/aromatic N) is 3. The molecule has 0 radical (unpaired) electrons. The van der Waals surface area contributed by atoms with Crippen LogP contribution in [0.15, 0.2) is 59.8 Å². The molecule has 1 aromatic heterocycles. The summed E-state index contributed by atoms with van der Waals surface area (Å²) in [5.41, 5.74) is 1.87. The number of benzene rings is 2. The molecule has 0 spiro atoms. The first-order valence-electron chi connectivity index (χ1n) is 7.76. The van der Waals surface area contributed by atoms with Crippen LogP contribution < -0.4 is 0 Å². The van der Waals surface area contributed by atoms with E-state index in [-0.39, 0.29) is 6.42 Å². The second-order valence-corrected chi connectivity index (χ2v) is 6.83. The van der Waals surface area contributed by atoms with Crippen molar-refractivity contribution in [2.24, 2.45) is 0 Å². The van der Waals surface area contributed by atoms with Gasteiger partial charge in [-0.15, -0.1) is 10.2 Å². The lowest BCUT2D eigenvalue weighted by molar-refractivity contribution is -0.137. The number of carboxylic acids is 1. The molecule has 2 aromatic carbocycles. The van der Waals surface area contributed by atoms with Crippen molar-refractivity contribution in [1.82, 2.24) is 14.8 Å². The normalized spacial score (nSPS) is 10.8. The minimum absolute atomic E-state index is 0.149. The molecule has 0 bridgehead atoms. The smallest absolute Gasteiger partial charge is 0.303 e. The number of hydrogen-bond donors (Lipinski definition) is 1. The average molecular weight is 374 g/mol. The second-order valence-electron chi connectivity index (χ2n) is 5.33. The van der Waals surface area contributed by atoms with Crippen molar-refractivity contribution in [1.29, 1.82) is 0 Å². The van der Waals surface area contributed by atoms with Crippen LogP contribution >= 0.6 is 23.4 Å². The lowest BCUT2D eigenvalue weighted by atomic mass is 10.2. The molecule has 25 heavy (non-hydrogen) atoms. The quantitative estimate of drug-likeness (QED) is 0.486. The van der Waals surface area contributed by atoms with Gasteiger partial charge in [0.2, 0.25) is 0 Å². The molecule has 0 atom stereocenters. The zero-order valence-electron chi connectivity index (χ0n) is 13.3. The predicted octanol–water partition coefficient (Wildman–Crippen LogP) is 4.54. The summed E-state index contributed by atoms with van der Waals surface area (Å²) in [5, 5.41) is 18.8. The monoisotopic (exact) mass is 373 g/mol. The summed E-state index contributed by atoms with van der Waals surface area (Å²) < 4.78 is 1.98. The summed E-state index contributed by atoms with van der Waals surface area (Å²) in [6, 6.07) is 17.3. The van der Waals surface area contributed by atoms with Gasteiger partial charge in [-0.25, -0.2) is 0 Å². The Morgan fingerprint density at radius 3 is 2.48 bits per heavy atom. The SMILES string of the molecule is O=C(O)CCCSc1nnc(-c2ccc(Cl)cc2)n1-c1ccccc1. The molecular formula is C18H16ClN3O2S. The van der Waals surface area contributed by atoms with Crippen molar-refractivity contribution in [3.63, 3.8) is 0 Å². The molecular weight excluding hydrogens is 358 g/mol. The van der Waals surface area contributed by atoms with Crippen LogP contribution in [0.4, 0.5) is 0 Å². The number of para-hydroxylation sites is 1. The molecule has 128 valence electrons. The first kappa shape index (κ1) is 17.5. The Balaban J connectivity index is 1.93. The largest absolute Gasteiger partial charge is 0.481 e. The maximum absolute atomic E-state index is 10.7. The van der Waals surface area contributed by atoms with Crippen LogP contribution in [-0.4, -0.2) is 31.6 Å². The van der Waals surface area contributed by atoms with Crippen molar-refractivity contribution in [3.05, 3.63) is 59.6 Å². The Hall–Kier alpha value is -2.31. The number of carbonyl (C=O) groups is 1. The van der Waals surface area contributed by atoms with E-state index in [1.54, 1.807) is 0 Å². The molecule has 0 saturated carbocycles. The van der Waals surface area contributed by atoms with E-state index in [1.165, 1.54) is 11.8 Å². The summed E-state index contributed by atoms with van der Waals surface area (Å²) >= 11 is 7.48. The van der Waals surface area contributed by atoms with Crippen molar-refractivity contribution in [2.45, 2.75) is 18.0 Å². The molecule has 0 aliphatic rings. The first-order chi connectivity index (χ1) is 12.1. The molecule has 7 heteroatoms. The van der Waals surface area contributed by atoms with Crippen LogP contribution in [0.25, 0.3) is 17.1 Å². The lowest BCUT2D eigenvalue weighted by Crippen LogP contribution is -2.00. The summed E-state index contributed by atoms with van der Waals surface area (Å²) in [4.78, 5) is 10.7. The van der Waals surface area contributed by atoms with E-state index in [2.05, 4.69) is 10.2 Å². The van der Waals surface area contributed by atoms with E-state index in [0.717, 1.165) is 22.2 Å². The number of thioether (sulfide) groups is 1. The van der Waals surface area contributed by atoms with E-state index in [4.69, 9.17) is 16.7 Å². The molecule has 3 aromatic rings. The van der Waals surface area contributed by atoms with Gasteiger partial charge in [0, 0.05) is 28.4 Å². The van der Waals surface area contributed by atoms with Gasteiger partial charge in [0.25, 0.3) is 0 Å². The number of carboxylic acid groups (broad SMARTS) is 1. The third-order valence-corrected chi connectivity index (χ3v) is 4.78. The van der Waals surface area contributed by atoms with Crippen LogP contribution in [0.1, 0.15) is 12.8 Å². The maximum atomic E-state index is 10.7. The van der Waals surface area contributed by atoms with Gasteiger partial charge in [-0.2, -0.15) is 0 Å². The molecule has 0 saturated heterocycles. The van der Waals surface area contributed by atoms with Crippen LogP contribution in [-0.2, 0) is 4.79 Å². The van der Waals surface area contributed by atoms with Gasteiger partial charge in [0.15, 0.2) is 11.0 Å². The number of aromatic nitrogens is 3. The van der Waals surface area contributed by atoms with Crippen LogP contribution in [0.2, 0.25) is 5.02 Å². The fourth-order valence-corrected chi connectivity index (χ4v) is 3.36. The Morgan fingerprint density at radius 1 is 1.08 bits per heavy atom. The predicted molar refractivity (Wildman–Crippen MR) is 99.4 cm³/mol. The fraction of sp³-hybridized carbons (Fsp3) is 0.167. The molecule has 0 unspecified atom stereocenters. The highest BCUT2D eigenvalue weighted by Gasteiger charge is 2.16. The Labute approximate surface area is 154 Å². The van der Waals surface area contributed by atoms with Crippen LogP contribution in [0.3, 0.4) is 0 Å². The summed E-state index contributed by atoms with van der Waals surface area (Å²) in [5.74, 6) is 0.605. The number of halogens is 1. The highest BCUT2D eigenvalue weighted by Crippen LogP contribution is 2.29. The Kier molecular flexibility index (Phi) is 5.73. The molecule has 0 aliphatic heterocycles. The van der Waals surface area contributed by atoms with E-state index >= 15 is 0 Å². The van der Waals surface area contributed by atoms with Gasteiger partial charge >= 0.3 is 5.97 Å². The number of aliphatic carboxylic acids is 1. The zero-order chi connectivity index (χ0) is 17.6. The Morgan fingerprint density at radius 2 is 1.80 bits per heavy atom. The van der Waals surface area contributed by atoms with E-state index in [0.29, 0.717) is 17.2 Å². The highest BCUT2D eigenvalue weighted by atomic mass is 35.5. The summed E-state index contributed by atoms with van der Waals surface area (Å²) in [7, 11) is 0. The summed E-state index contributed by atoms with van der Waals surface area (Å²) in [6.45, 7) is 0. The molecule has 1 N–H and O–H groups in total. The minimum atomic E-state index is -0.785. The van der Waals surface area contributed by atoms with Gasteiger partial charge in [0.05, 0.1) is 0 Å². The Bertz CT molecular complexity index is 851. The van der Waals surface area contributed by atoms with E-state index in [9.17, 15) is 4.79 Å². The van der Waals surface area contributed by atoms with Gasteiger partial charge in [-0.3, -0.25) is 9.36 Å². The van der Waals surface area contributed by atoms with Gasteiger partial charge < -0.3 is 5.11 Å². The molecule has 3 rings (SSSR count). The van der Waals surface area contributed by atoms with Gasteiger partial charge in [-0.1, -0.05) is 41.6 Å². The van der Waals surface area contributed by atoms with Gasteiger partial charge in [0.1, 0.15) is 0 Å². The third kappa shape index (κ3) is 4.41. The average Bonchev–Trinajstić information content (AvgIpc) is 3.04. The third-order valence-electron chi connectivity index (χ3n) is 3.52.